The SMILES string of the molecule is O=C1C2=C(CC(Cl)(S(=O)(=O)O)C=C2)C(=O)c2ccccc21. The predicted octanol–water partition coefficient (Wildman–Crippen LogP) is 2.15. The second-order valence-corrected chi connectivity index (χ2v) is 7.44. The van der Waals surface area contributed by atoms with Crippen molar-refractivity contribution < 1.29 is 22.6 Å². The van der Waals surface area contributed by atoms with Crippen LogP contribution in [0.4, 0.5) is 0 Å². The highest BCUT2D eigenvalue weighted by Crippen LogP contribution is 2.41. The number of hydrogen-bond donors (Lipinski definition) is 1. The molecule has 1 N–H and O–H groups in total. The van der Waals surface area contributed by atoms with E-state index in [0.717, 1.165) is 6.08 Å². The van der Waals surface area contributed by atoms with E-state index >= 15 is 0 Å². The Morgan fingerprint density at radius 2 is 1.67 bits per heavy atom. The fourth-order valence-corrected chi connectivity index (χ4v) is 3.25. The molecule has 1 unspecified atom stereocenters. The Morgan fingerprint density at radius 3 is 2.24 bits per heavy atom. The van der Waals surface area contributed by atoms with Crippen molar-refractivity contribution in [2.45, 2.75) is 10.6 Å². The molecule has 21 heavy (non-hydrogen) atoms. The maximum atomic E-state index is 12.4. The van der Waals surface area contributed by atoms with E-state index < -0.39 is 26.5 Å². The summed E-state index contributed by atoms with van der Waals surface area (Å²) in [5.74, 6) is -0.802. The van der Waals surface area contributed by atoms with Crippen LogP contribution in [0.1, 0.15) is 27.1 Å². The van der Waals surface area contributed by atoms with Gasteiger partial charge in [-0.05, 0) is 6.08 Å². The van der Waals surface area contributed by atoms with Gasteiger partial charge in [0.15, 0.2) is 15.8 Å². The molecule has 0 fully saturated rings. The summed E-state index contributed by atoms with van der Waals surface area (Å²) in [6.07, 6.45) is 1.77. The number of benzene rings is 1. The minimum atomic E-state index is -4.61. The number of allylic oxidation sites excluding steroid dienone is 3. The summed E-state index contributed by atoms with van der Waals surface area (Å²) in [5, 5.41) is 0. The van der Waals surface area contributed by atoms with Crippen LogP contribution in [0.15, 0.2) is 47.6 Å². The first-order valence-electron chi connectivity index (χ1n) is 6.01. The molecule has 0 saturated heterocycles. The van der Waals surface area contributed by atoms with Gasteiger partial charge in [-0.15, -0.1) is 0 Å². The Hall–Kier alpha value is -1.76. The Bertz CT molecular complexity index is 850. The first kappa shape index (κ1) is 14.2. The van der Waals surface area contributed by atoms with Crippen molar-refractivity contribution in [1.29, 1.82) is 0 Å². The lowest BCUT2D eigenvalue weighted by molar-refractivity contribution is 0.0973. The third kappa shape index (κ3) is 1.98. The number of carbonyl (C=O) groups is 2. The van der Waals surface area contributed by atoms with Gasteiger partial charge in [-0.2, -0.15) is 8.42 Å². The number of alkyl halides is 1. The molecule has 108 valence electrons. The summed E-state index contributed by atoms with van der Waals surface area (Å²) < 4.78 is 29.8. The molecule has 7 heteroatoms. The van der Waals surface area contributed by atoms with Crippen LogP contribution >= 0.6 is 11.6 Å². The lowest BCUT2D eigenvalue weighted by Crippen LogP contribution is -2.36. The summed E-state index contributed by atoms with van der Waals surface area (Å²) in [7, 11) is -4.61. The van der Waals surface area contributed by atoms with Crippen molar-refractivity contribution in [2.75, 3.05) is 0 Å². The van der Waals surface area contributed by atoms with E-state index in [-0.39, 0.29) is 28.1 Å². The zero-order valence-corrected chi connectivity index (χ0v) is 12.1. The van der Waals surface area contributed by atoms with Gasteiger partial charge in [0.1, 0.15) is 0 Å². The molecule has 2 aliphatic carbocycles. The Morgan fingerprint density at radius 1 is 1.10 bits per heavy atom. The maximum Gasteiger partial charge on any atom is 0.288 e. The average Bonchev–Trinajstić information content (AvgIpc) is 2.43. The molecule has 5 nitrogen and oxygen atoms in total. The zero-order chi connectivity index (χ0) is 15.4. The molecule has 1 aromatic carbocycles. The van der Waals surface area contributed by atoms with E-state index in [9.17, 15) is 22.6 Å². The van der Waals surface area contributed by atoms with Crippen molar-refractivity contribution in [3.63, 3.8) is 0 Å². The fraction of sp³-hybridized carbons (Fsp3) is 0.143. The second kappa shape index (κ2) is 4.37. The van der Waals surface area contributed by atoms with Crippen molar-refractivity contribution in [3.8, 4) is 0 Å². The molecule has 1 aromatic rings. The number of halogens is 1. The van der Waals surface area contributed by atoms with Crippen LogP contribution in [0.25, 0.3) is 0 Å². The highest BCUT2D eigenvalue weighted by atomic mass is 35.5. The largest absolute Gasteiger partial charge is 0.289 e. The van der Waals surface area contributed by atoms with Crippen LogP contribution in [-0.2, 0) is 10.1 Å². The number of hydrogen-bond acceptors (Lipinski definition) is 4. The normalized spacial score (nSPS) is 24.9. The van der Waals surface area contributed by atoms with Crippen molar-refractivity contribution >= 4 is 33.3 Å². The topological polar surface area (TPSA) is 88.5 Å². The van der Waals surface area contributed by atoms with Gasteiger partial charge in [-0.1, -0.05) is 41.9 Å². The standard InChI is InChI=1S/C14H9ClO5S/c15-14(21(18,19)20)6-5-10-11(7-14)13(17)9-4-2-1-3-8(9)12(10)16/h1-6H,7H2,(H,18,19,20). The minimum absolute atomic E-state index is 0.00817. The number of rotatable bonds is 1. The third-order valence-electron chi connectivity index (χ3n) is 3.61. The van der Waals surface area contributed by atoms with Crippen LogP contribution in [0, 0.1) is 0 Å². The molecule has 3 rings (SSSR count). The van der Waals surface area contributed by atoms with Crippen LogP contribution in [0.5, 0.6) is 0 Å². The molecule has 0 saturated carbocycles. The average molecular weight is 325 g/mol. The predicted molar refractivity (Wildman–Crippen MR) is 76.0 cm³/mol. The third-order valence-corrected chi connectivity index (χ3v) is 5.59. The molecule has 0 heterocycles. The Labute approximate surface area is 125 Å². The number of Topliss-reactive ketones (excluding diaryl/α,β-unsaturated/α-hetero) is 2. The van der Waals surface area contributed by atoms with E-state index in [1.165, 1.54) is 12.1 Å². The molecule has 2 aliphatic rings. The second-order valence-electron chi connectivity index (χ2n) is 4.87. The van der Waals surface area contributed by atoms with Gasteiger partial charge in [-0.3, -0.25) is 14.1 Å². The highest BCUT2D eigenvalue weighted by Gasteiger charge is 2.45. The monoisotopic (exact) mass is 324 g/mol. The zero-order valence-electron chi connectivity index (χ0n) is 10.5. The number of fused-ring (bicyclic) bond motifs is 1. The smallest absolute Gasteiger partial charge is 0.288 e. The highest BCUT2D eigenvalue weighted by molar-refractivity contribution is 7.88. The van der Waals surface area contributed by atoms with E-state index in [0.29, 0.717) is 0 Å². The summed E-state index contributed by atoms with van der Waals surface area (Å²) >= 11 is 5.89. The van der Waals surface area contributed by atoms with E-state index in [2.05, 4.69) is 0 Å². The fourth-order valence-electron chi connectivity index (χ4n) is 2.48. The molecule has 0 spiro atoms. The van der Waals surface area contributed by atoms with Gasteiger partial charge in [0.25, 0.3) is 10.1 Å². The quantitative estimate of drug-likeness (QED) is 0.631. The van der Waals surface area contributed by atoms with Crippen molar-refractivity contribution in [1.82, 2.24) is 0 Å². The van der Waals surface area contributed by atoms with E-state index in [4.69, 9.17) is 11.6 Å². The Kier molecular flexibility index (Phi) is 2.95. The van der Waals surface area contributed by atoms with Crippen molar-refractivity contribution in [3.05, 3.63) is 58.7 Å². The van der Waals surface area contributed by atoms with Gasteiger partial charge in [0.2, 0.25) is 0 Å². The Balaban J connectivity index is 2.17. The van der Waals surface area contributed by atoms with Crippen LogP contribution in [0.3, 0.4) is 0 Å². The molecular weight excluding hydrogens is 316 g/mol. The van der Waals surface area contributed by atoms with Crippen LogP contribution < -0.4 is 0 Å². The molecule has 0 amide bonds. The van der Waals surface area contributed by atoms with E-state index in [1.807, 2.05) is 0 Å². The molecule has 0 bridgehead atoms. The van der Waals surface area contributed by atoms with Gasteiger partial charge in [-0.25, -0.2) is 0 Å². The lowest BCUT2D eigenvalue weighted by atomic mass is 9.80. The van der Waals surface area contributed by atoms with Gasteiger partial charge in [0, 0.05) is 28.7 Å². The van der Waals surface area contributed by atoms with Crippen LogP contribution in [0.2, 0.25) is 0 Å². The molecule has 0 aliphatic heterocycles. The van der Waals surface area contributed by atoms with Gasteiger partial charge >= 0.3 is 0 Å². The summed E-state index contributed by atoms with van der Waals surface area (Å²) in [5.41, 5.74) is 0.623. The number of ketones is 2. The summed E-state index contributed by atoms with van der Waals surface area (Å²) in [6, 6.07) is 6.30. The maximum absolute atomic E-state index is 12.4. The molecular formula is C14H9ClO5S. The minimum Gasteiger partial charge on any atom is -0.289 e. The number of carbonyl (C=O) groups excluding carboxylic acids is 2. The van der Waals surface area contributed by atoms with Gasteiger partial charge < -0.3 is 0 Å². The van der Waals surface area contributed by atoms with Gasteiger partial charge in [0.05, 0.1) is 0 Å². The molecule has 0 aromatic heterocycles. The van der Waals surface area contributed by atoms with Crippen LogP contribution in [-0.4, -0.2) is 28.7 Å². The lowest BCUT2D eigenvalue weighted by Gasteiger charge is -2.28. The van der Waals surface area contributed by atoms with Crippen molar-refractivity contribution in [2.24, 2.45) is 0 Å². The molecule has 1 atom stereocenters. The molecule has 0 radical (unpaired) electrons. The summed E-state index contributed by atoms with van der Waals surface area (Å²) in [6.45, 7) is 0. The first-order valence-corrected chi connectivity index (χ1v) is 7.83. The summed E-state index contributed by atoms with van der Waals surface area (Å²) in [4.78, 5) is 24.8. The van der Waals surface area contributed by atoms with E-state index in [1.54, 1.807) is 18.2 Å². The first-order chi connectivity index (χ1) is 9.74.